The SMILES string of the molecule is CC(O)CC(C)CNS(=O)(=O)c1ccc(Cl)nc1. The lowest BCUT2D eigenvalue weighted by atomic mass is 10.1. The van der Waals surface area contributed by atoms with Gasteiger partial charge in [0.25, 0.3) is 0 Å². The van der Waals surface area contributed by atoms with E-state index in [4.69, 9.17) is 11.6 Å². The molecule has 2 unspecified atom stereocenters. The van der Waals surface area contributed by atoms with Gasteiger partial charge < -0.3 is 5.11 Å². The zero-order valence-electron chi connectivity index (χ0n) is 10.3. The molecule has 2 N–H and O–H groups in total. The van der Waals surface area contributed by atoms with Gasteiger partial charge >= 0.3 is 0 Å². The number of rotatable bonds is 6. The summed E-state index contributed by atoms with van der Waals surface area (Å²) in [5, 5.41) is 9.44. The van der Waals surface area contributed by atoms with Gasteiger partial charge in [0.1, 0.15) is 10.0 Å². The molecule has 0 amide bonds. The largest absolute Gasteiger partial charge is 0.393 e. The molecular weight excluding hydrogens is 276 g/mol. The van der Waals surface area contributed by atoms with E-state index in [-0.39, 0.29) is 22.5 Å². The summed E-state index contributed by atoms with van der Waals surface area (Å²) in [5.41, 5.74) is 0. The lowest BCUT2D eigenvalue weighted by molar-refractivity contribution is 0.165. The summed E-state index contributed by atoms with van der Waals surface area (Å²) in [7, 11) is -3.56. The number of aliphatic hydroxyl groups excluding tert-OH is 1. The van der Waals surface area contributed by atoms with Crippen LogP contribution in [0.1, 0.15) is 20.3 Å². The minimum absolute atomic E-state index is 0.0556. The van der Waals surface area contributed by atoms with Crippen molar-refractivity contribution in [2.45, 2.75) is 31.3 Å². The summed E-state index contributed by atoms with van der Waals surface area (Å²) in [6.07, 6.45) is 1.31. The van der Waals surface area contributed by atoms with Crippen LogP contribution in [-0.4, -0.2) is 31.2 Å². The minimum atomic E-state index is -3.56. The molecule has 102 valence electrons. The van der Waals surface area contributed by atoms with Crippen LogP contribution in [0.5, 0.6) is 0 Å². The maximum atomic E-state index is 11.9. The van der Waals surface area contributed by atoms with E-state index in [1.807, 2.05) is 6.92 Å². The lowest BCUT2D eigenvalue weighted by Gasteiger charge is -2.14. The van der Waals surface area contributed by atoms with Gasteiger partial charge in [0.2, 0.25) is 10.0 Å². The zero-order chi connectivity index (χ0) is 13.8. The second-order valence-corrected chi connectivity index (χ2v) is 6.51. The number of sulfonamides is 1. The number of hydrogen-bond donors (Lipinski definition) is 2. The normalized spacial score (nSPS) is 15.3. The van der Waals surface area contributed by atoms with Crippen molar-refractivity contribution in [1.82, 2.24) is 9.71 Å². The number of pyridine rings is 1. The van der Waals surface area contributed by atoms with Gasteiger partial charge in [-0.05, 0) is 31.4 Å². The lowest BCUT2D eigenvalue weighted by Crippen LogP contribution is -2.29. The number of hydrogen-bond acceptors (Lipinski definition) is 4. The predicted octanol–water partition coefficient (Wildman–Crippen LogP) is 1.42. The highest BCUT2D eigenvalue weighted by molar-refractivity contribution is 7.89. The van der Waals surface area contributed by atoms with Gasteiger partial charge in [0, 0.05) is 12.7 Å². The Hall–Kier alpha value is -0.690. The number of nitrogens with zero attached hydrogens (tertiary/aromatic N) is 1. The van der Waals surface area contributed by atoms with Crippen LogP contribution in [0.3, 0.4) is 0 Å². The molecule has 1 aromatic heterocycles. The fourth-order valence-electron chi connectivity index (χ4n) is 1.52. The molecule has 0 spiro atoms. The Kier molecular flexibility index (Phi) is 5.52. The van der Waals surface area contributed by atoms with Gasteiger partial charge in [-0.15, -0.1) is 0 Å². The van der Waals surface area contributed by atoms with Crippen LogP contribution in [0.25, 0.3) is 0 Å². The molecule has 0 radical (unpaired) electrons. The Labute approximate surface area is 112 Å². The second-order valence-electron chi connectivity index (χ2n) is 4.36. The van der Waals surface area contributed by atoms with E-state index in [0.29, 0.717) is 6.42 Å². The summed E-state index contributed by atoms with van der Waals surface area (Å²) in [4.78, 5) is 3.81. The zero-order valence-corrected chi connectivity index (χ0v) is 11.9. The van der Waals surface area contributed by atoms with Gasteiger partial charge in [-0.3, -0.25) is 0 Å². The van der Waals surface area contributed by atoms with Crippen molar-refractivity contribution in [3.8, 4) is 0 Å². The number of nitrogens with one attached hydrogen (secondary N) is 1. The molecule has 0 aliphatic rings. The molecule has 1 rings (SSSR count). The van der Waals surface area contributed by atoms with Gasteiger partial charge in [0.05, 0.1) is 6.10 Å². The molecule has 2 atom stereocenters. The number of halogens is 1. The van der Waals surface area contributed by atoms with Crippen LogP contribution in [0.2, 0.25) is 5.15 Å². The molecule has 1 heterocycles. The molecule has 7 heteroatoms. The van der Waals surface area contributed by atoms with Crippen LogP contribution >= 0.6 is 11.6 Å². The Balaban J connectivity index is 2.63. The molecule has 5 nitrogen and oxygen atoms in total. The van der Waals surface area contributed by atoms with Gasteiger partial charge in [-0.25, -0.2) is 18.1 Å². The highest BCUT2D eigenvalue weighted by Crippen LogP contribution is 2.11. The summed E-state index contributed by atoms with van der Waals surface area (Å²) < 4.78 is 26.2. The average Bonchev–Trinajstić information content (AvgIpc) is 2.26. The topological polar surface area (TPSA) is 79.3 Å². The molecule has 1 aromatic rings. The first-order valence-corrected chi connectivity index (χ1v) is 7.46. The van der Waals surface area contributed by atoms with Crippen LogP contribution in [0.4, 0.5) is 0 Å². The van der Waals surface area contributed by atoms with Crippen molar-refractivity contribution in [2.24, 2.45) is 5.92 Å². The molecule has 0 fully saturated rings. The van der Waals surface area contributed by atoms with Crippen LogP contribution in [0, 0.1) is 5.92 Å². The van der Waals surface area contributed by atoms with Crippen molar-refractivity contribution >= 4 is 21.6 Å². The van der Waals surface area contributed by atoms with E-state index in [9.17, 15) is 13.5 Å². The van der Waals surface area contributed by atoms with E-state index in [1.165, 1.54) is 18.3 Å². The molecule has 18 heavy (non-hydrogen) atoms. The Morgan fingerprint density at radius 3 is 2.61 bits per heavy atom. The Morgan fingerprint density at radius 2 is 2.11 bits per heavy atom. The molecule has 0 aromatic carbocycles. The molecule has 0 aliphatic carbocycles. The molecular formula is C11H17ClN2O3S. The first-order valence-electron chi connectivity index (χ1n) is 5.60. The maximum absolute atomic E-state index is 11.9. The third kappa shape index (κ3) is 4.89. The summed E-state index contributed by atoms with van der Waals surface area (Å²) in [6, 6.07) is 2.83. The van der Waals surface area contributed by atoms with Gasteiger partial charge in [-0.1, -0.05) is 18.5 Å². The van der Waals surface area contributed by atoms with Crippen LogP contribution in [0.15, 0.2) is 23.2 Å². The van der Waals surface area contributed by atoms with Crippen molar-refractivity contribution in [2.75, 3.05) is 6.54 Å². The average molecular weight is 293 g/mol. The second kappa shape index (κ2) is 6.47. The first kappa shape index (κ1) is 15.4. The van der Waals surface area contributed by atoms with Gasteiger partial charge in [-0.2, -0.15) is 0 Å². The van der Waals surface area contributed by atoms with Crippen LogP contribution in [-0.2, 0) is 10.0 Å². The highest BCUT2D eigenvalue weighted by Gasteiger charge is 2.16. The summed E-state index contributed by atoms with van der Waals surface area (Å²) in [6.45, 7) is 3.82. The van der Waals surface area contributed by atoms with E-state index in [0.717, 1.165) is 0 Å². The minimum Gasteiger partial charge on any atom is -0.393 e. The molecule has 0 saturated heterocycles. The highest BCUT2D eigenvalue weighted by atomic mass is 35.5. The maximum Gasteiger partial charge on any atom is 0.242 e. The van der Waals surface area contributed by atoms with E-state index in [2.05, 4.69) is 9.71 Å². The molecule has 0 aliphatic heterocycles. The van der Waals surface area contributed by atoms with Crippen molar-refractivity contribution in [1.29, 1.82) is 0 Å². The number of aliphatic hydroxyl groups is 1. The first-order chi connectivity index (χ1) is 8.31. The third-order valence-corrected chi connectivity index (χ3v) is 4.01. The fraction of sp³-hybridized carbons (Fsp3) is 0.545. The smallest absolute Gasteiger partial charge is 0.242 e. The van der Waals surface area contributed by atoms with Crippen molar-refractivity contribution in [3.63, 3.8) is 0 Å². The standard InChI is InChI=1S/C11H17ClN2O3S/c1-8(5-9(2)15)6-14-18(16,17)10-3-4-11(12)13-7-10/h3-4,7-9,14-15H,5-6H2,1-2H3. The number of aromatic nitrogens is 1. The fourth-order valence-corrected chi connectivity index (χ4v) is 2.74. The Morgan fingerprint density at radius 1 is 1.44 bits per heavy atom. The van der Waals surface area contributed by atoms with E-state index in [1.54, 1.807) is 6.92 Å². The van der Waals surface area contributed by atoms with Crippen molar-refractivity contribution in [3.05, 3.63) is 23.5 Å². The monoisotopic (exact) mass is 292 g/mol. The summed E-state index contributed by atoms with van der Waals surface area (Å²) >= 11 is 5.59. The molecule has 0 saturated carbocycles. The van der Waals surface area contributed by atoms with E-state index < -0.39 is 16.1 Å². The van der Waals surface area contributed by atoms with Gasteiger partial charge in [0.15, 0.2) is 0 Å². The van der Waals surface area contributed by atoms with Crippen LogP contribution < -0.4 is 4.72 Å². The molecule has 0 bridgehead atoms. The third-order valence-electron chi connectivity index (χ3n) is 2.38. The van der Waals surface area contributed by atoms with Crippen molar-refractivity contribution < 1.29 is 13.5 Å². The van der Waals surface area contributed by atoms with E-state index >= 15 is 0 Å². The Bertz CT molecular complexity index is 474. The summed E-state index contributed by atoms with van der Waals surface area (Å²) in [5.74, 6) is 0.0556. The quantitative estimate of drug-likeness (QED) is 0.777. The predicted molar refractivity (Wildman–Crippen MR) is 69.9 cm³/mol.